The molecule has 1 heterocycles. The van der Waals surface area contributed by atoms with Crippen LogP contribution in [0.5, 0.6) is 0 Å². The van der Waals surface area contributed by atoms with Gasteiger partial charge < -0.3 is 30.5 Å². The lowest BCUT2D eigenvalue weighted by Gasteiger charge is -2.25. The lowest BCUT2D eigenvalue weighted by molar-refractivity contribution is -0.147. The Morgan fingerprint density at radius 2 is 1.51 bits per heavy atom. The van der Waals surface area contributed by atoms with Gasteiger partial charge in [0.25, 0.3) is 0 Å². The zero-order chi connectivity index (χ0) is 31.9. The number of alkyl carbamates (subject to hydrolysis) is 1. The Morgan fingerprint density at radius 3 is 2.18 bits per heavy atom. The van der Waals surface area contributed by atoms with Crippen molar-refractivity contribution in [2.45, 2.75) is 50.4 Å². The fourth-order valence-electron chi connectivity index (χ4n) is 4.93. The van der Waals surface area contributed by atoms with Gasteiger partial charge in [-0.1, -0.05) is 103 Å². The molecule has 3 aromatic rings. The van der Waals surface area contributed by atoms with Gasteiger partial charge in [-0.15, -0.1) is 0 Å². The second kappa shape index (κ2) is 17.4. The lowest BCUT2D eigenvalue weighted by Crippen LogP contribution is -2.44. The van der Waals surface area contributed by atoms with Crippen molar-refractivity contribution in [3.8, 4) is 0 Å². The van der Waals surface area contributed by atoms with Crippen LogP contribution in [0.25, 0.3) is 0 Å². The first kappa shape index (κ1) is 32.9. The van der Waals surface area contributed by atoms with Gasteiger partial charge in [0.1, 0.15) is 19.3 Å². The van der Waals surface area contributed by atoms with Crippen molar-refractivity contribution in [2.24, 2.45) is 5.92 Å². The Kier molecular flexibility index (Phi) is 12.7. The largest absolute Gasteiger partial charge is 0.462 e. The predicted octanol–water partition coefficient (Wildman–Crippen LogP) is 3.76. The van der Waals surface area contributed by atoms with Crippen LogP contribution in [0, 0.1) is 5.92 Å². The first-order chi connectivity index (χ1) is 21.9. The molecule has 3 amide bonds. The normalized spacial score (nSPS) is 19.5. The molecule has 4 rings (SSSR count). The van der Waals surface area contributed by atoms with E-state index in [2.05, 4.69) is 16.0 Å². The maximum absolute atomic E-state index is 13.5. The van der Waals surface area contributed by atoms with Crippen LogP contribution >= 0.6 is 0 Å². The number of nitrogens with one attached hydrogen (secondary N) is 3. The fourth-order valence-corrected chi connectivity index (χ4v) is 4.93. The number of allylic oxidation sites excluding steroid dienone is 1. The topological polar surface area (TPSA) is 143 Å². The molecule has 0 saturated heterocycles. The third kappa shape index (κ3) is 10.9. The molecular weight excluding hydrogens is 574 g/mol. The molecule has 10 heteroatoms. The quantitative estimate of drug-likeness (QED) is 0.201. The van der Waals surface area contributed by atoms with Gasteiger partial charge in [-0.3, -0.25) is 9.59 Å². The molecule has 0 bridgehead atoms. The van der Waals surface area contributed by atoms with E-state index in [0.717, 1.165) is 11.1 Å². The molecule has 0 aliphatic carbocycles. The molecule has 10 nitrogen and oxygen atoms in total. The van der Waals surface area contributed by atoms with E-state index < -0.39 is 36.1 Å². The number of rotatable bonds is 10. The molecule has 45 heavy (non-hydrogen) atoms. The van der Waals surface area contributed by atoms with Crippen LogP contribution in [0.1, 0.15) is 42.0 Å². The first-order valence-electron chi connectivity index (χ1n) is 15.0. The number of benzene rings is 3. The molecule has 4 unspecified atom stereocenters. The highest BCUT2D eigenvalue weighted by atomic mass is 16.6. The van der Waals surface area contributed by atoms with Crippen molar-refractivity contribution in [3.05, 3.63) is 120 Å². The van der Waals surface area contributed by atoms with Gasteiger partial charge >= 0.3 is 12.1 Å². The second-order valence-electron chi connectivity index (χ2n) is 10.8. The fraction of sp³-hybridized carbons (Fsp3) is 0.314. The van der Waals surface area contributed by atoms with Crippen molar-refractivity contribution in [2.75, 3.05) is 13.2 Å². The monoisotopic (exact) mass is 613 g/mol. The van der Waals surface area contributed by atoms with Crippen molar-refractivity contribution >= 4 is 23.9 Å². The Balaban J connectivity index is 1.45. The zero-order valence-corrected chi connectivity index (χ0v) is 25.0. The Bertz CT molecular complexity index is 1420. The van der Waals surface area contributed by atoms with E-state index in [-0.39, 0.29) is 50.9 Å². The van der Waals surface area contributed by atoms with Gasteiger partial charge in [0, 0.05) is 6.42 Å². The summed E-state index contributed by atoms with van der Waals surface area (Å²) in [5.74, 6) is -2.14. The number of carbonyl (C=O) groups excluding carboxylic acids is 4. The molecule has 0 spiro atoms. The summed E-state index contributed by atoms with van der Waals surface area (Å²) in [5.41, 5.74) is 2.48. The number of hydrogen-bond donors (Lipinski definition) is 4. The van der Waals surface area contributed by atoms with E-state index >= 15 is 0 Å². The summed E-state index contributed by atoms with van der Waals surface area (Å²) in [4.78, 5) is 52.2. The molecule has 1 aliphatic rings. The van der Waals surface area contributed by atoms with Gasteiger partial charge in [-0.2, -0.15) is 0 Å². The summed E-state index contributed by atoms with van der Waals surface area (Å²) in [5, 5.41) is 18.2. The van der Waals surface area contributed by atoms with E-state index in [1.807, 2.05) is 78.9 Å². The van der Waals surface area contributed by atoms with Gasteiger partial charge in [0.15, 0.2) is 0 Å². The highest BCUT2D eigenvalue weighted by molar-refractivity contribution is 5.86. The SMILES string of the molecule is O=C(CC1CC=CCC(NC(=O)OCc2ccccc2)C(=O)OCC(c2ccccc2)NC1=O)NC(CO)Cc1ccccc1. The van der Waals surface area contributed by atoms with Crippen molar-refractivity contribution in [1.82, 2.24) is 16.0 Å². The van der Waals surface area contributed by atoms with Crippen LogP contribution in [0.15, 0.2) is 103 Å². The number of carbonyl (C=O) groups is 4. The Morgan fingerprint density at radius 1 is 0.889 bits per heavy atom. The number of cyclic esters (lactones) is 1. The molecule has 0 saturated carbocycles. The summed E-state index contributed by atoms with van der Waals surface area (Å²) in [7, 11) is 0. The molecule has 0 aromatic heterocycles. The number of aliphatic hydroxyl groups excluding tert-OH is 1. The number of ether oxygens (including phenoxy) is 2. The minimum atomic E-state index is -1.03. The minimum Gasteiger partial charge on any atom is -0.462 e. The van der Waals surface area contributed by atoms with E-state index in [1.54, 1.807) is 24.3 Å². The smallest absolute Gasteiger partial charge is 0.408 e. The first-order valence-corrected chi connectivity index (χ1v) is 15.0. The summed E-state index contributed by atoms with van der Waals surface area (Å²) < 4.78 is 10.9. The van der Waals surface area contributed by atoms with Crippen LogP contribution in [-0.4, -0.2) is 54.3 Å². The molecule has 0 radical (unpaired) electrons. The van der Waals surface area contributed by atoms with E-state index in [1.165, 1.54) is 0 Å². The van der Waals surface area contributed by atoms with Crippen molar-refractivity contribution in [3.63, 3.8) is 0 Å². The molecule has 3 aromatic carbocycles. The molecule has 4 N–H and O–H groups in total. The Labute approximate surface area is 262 Å². The summed E-state index contributed by atoms with van der Waals surface area (Å²) in [6.07, 6.45) is 3.26. The highest BCUT2D eigenvalue weighted by Crippen LogP contribution is 2.19. The summed E-state index contributed by atoms with van der Waals surface area (Å²) >= 11 is 0. The van der Waals surface area contributed by atoms with E-state index in [4.69, 9.17) is 9.47 Å². The summed E-state index contributed by atoms with van der Waals surface area (Å²) in [6, 6.07) is 25.5. The van der Waals surface area contributed by atoms with Crippen LogP contribution in [0.2, 0.25) is 0 Å². The number of hydrogen-bond acceptors (Lipinski definition) is 7. The predicted molar refractivity (Wildman–Crippen MR) is 167 cm³/mol. The van der Waals surface area contributed by atoms with Gasteiger partial charge in [-0.25, -0.2) is 9.59 Å². The molecule has 1 aliphatic heterocycles. The maximum atomic E-state index is 13.5. The Hall–Kier alpha value is -4.96. The van der Waals surface area contributed by atoms with Crippen molar-refractivity contribution < 1.29 is 33.8 Å². The van der Waals surface area contributed by atoms with Crippen LogP contribution in [-0.2, 0) is 36.9 Å². The van der Waals surface area contributed by atoms with Crippen LogP contribution < -0.4 is 16.0 Å². The minimum absolute atomic E-state index is 0.0403. The third-order valence-electron chi connectivity index (χ3n) is 7.37. The molecule has 236 valence electrons. The van der Waals surface area contributed by atoms with Crippen molar-refractivity contribution in [1.29, 1.82) is 0 Å². The molecule has 0 fully saturated rings. The number of aliphatic hydroxyl groups is 1. The van der Waals surface area contributed by atoms with E-state index in [9.17, 15) is 24.3 Å². The second-order valence-corrected chi connectivity index (χ2v) is 10.8. The standard InChI is InChI=1S/C35H39N3O7/c39-22-29(20-25-12-4-1-5-13-25)36-32(40)21-28-18-10-11-19-30(38-35(43)45-23-26-14-6-2-7-15-26)34(42)44-24-31(37-33(28)41)27-16-8-3-9-17-27/h1-17,28-31,39H,18-24H2,(H,36,40)(H,37,41)(H,38,43). The van der Waals surface area contributed by atoms with Gasteiger partial charge in [-0.05, 0) is 36.0 Å². The average molecular weight is 614 g/mol. The van der Waals surface area contributed by atoms with Gasteiger partial charge in [0.05, 0.1) is 24.6 Å². The average Bonchev–Trinajstić information content (AvgIpc) is 3.06. The third-order valence-corrected chi connectivity index (χ3v) is 7.37. The number of amides is 3. The van der Waals surface area contributed by atoms with Crippen LogP contribution in [0.4, 0.5) is 4.79 Å². The highest BCUT2D eigenvalue weighted by Gasteiger charge is 2.28. The van der Waals surface area contributed by atoms with Gasteiger partial charge in [0.2, 0.25) is 11.8 Å². The van der Waals surface area contributed by atoms with Crippen LogP contribution in [0.3, 0.4) is 0 Å². The van der Waals surface area contributed by atoms with E-state index in [0.29, 0.717) is 12.0 Å². The molecular formula is C35H39N3O7. The maximum Gasteiger partial charge on any atom is 0.408 e. The molecule has 4 atom stereocenters. The lowest BCUT2D eigenvalue weighted by atomic mass is 9.97. The summed E-state index contributed by atoms with van der Waals surface area (Å²) in [6.45, 7) is -0.391. The number of esters is 1. The zero-order valence-electron chi connectivity index (χ0n) is 25.0.